The summed E-state index contributed by atoms with van der Waals surface area (Å²) in [4.78, 5) is 9.97. The number of H-pyrrole nitrogens is 1. The molecule has 1 aliphatic heterocycles. The number of hydrogen-bond donors (Lipinski definition) is 1. The summed E-state index contributed by atoms with van der Waals surface area (Å²) in [6.07, 6.45) is 10.8. The van der Waals surface area contributed by atoms with Gasteiger partial charge in [0.25, 0.3) is 0 Å². The van der Waals surface area contributed by atoms with E-state index in [1.165, 1.54) is 82.2 Å². The fourth-order valence-electron chi connectivity index (χ4n) is 10.6. The second-order valence-electron chi connectivity index (χ2n) is 16.4. The molecule has 0 atom stereocenters. The molecule has 9 rings (SSSR count). The molecule has 0 bridgehead atoms. The van der Waals surface area contributed by atoms with Crippen molar-refractivity contribution < 1.29 is 0 Å². The van der Waals surface area contributed by atoms with Crippen LogP contribution in [-0.2, 0) is 10.8 Å². The van der Waals surface area contributed by atoms with Crippen molar-refractivity contribution in [2.24, 2.45) is 10.9 Å². The van der Waals surface area contributed by atoms with E-state index in [1.54, 1.807) is 0 Å². The lowest BCUT2D eigenvalue weighted by Gasteiger charge is -2.43. The maximum absolute atomic E-state index is 5.86. The molecule has 7 aromatic rings. The van der Waals surface area contributed by atoms with Gasteiger partial charge in [-0.25, -0.2) is 0 Å². The Morgan fingerprint density at radius 2 is 0.966 bits per heavy atom. The minimum Gasteiger partial charge on any atom is -0.357 e. The summed E-state index contributed by atoms with van der Waals surface area (Å²) in [6.45, 7) is 6.71. The third-order valence-electron chi connectivity index (χ3n) is 12.9. The zero-order valence-corrected chi connectivity index (χ0v) is 34.0. The van der Waals surface area contributed by atoms with Crippen LogP contribution in [0.5, 0.6) is 0 Å². The molecule has 0 spiro atoms. The summed E-state index contributed by atoms with van der Waals surface area (Å²) in [5.41, 5.74) is 15.7. The Hall–Kier alpha value is -6.25. The third kappa shape index (κ3) is 6.42. The molecule has 6 aromatic carbocycles. The Balaban J connectivity index is 1.32. The Labute approximate surface area is 344 Å². The number of rotatable bonds is 10. The first-order valence-electron chi connectivity index (χ1n) is 21.1. The van der Waals surface area contributed by atoms with Gasteiger partial charge in [-0.3, -0.25) is 4.99 Å². The smallest absolute Gasteiger partial charge is 0.0851 e. The monoisotopic (exact) mass is 752 g/mol. The minimum atomic E-state index is -0.591. The van der Waals surface area contributed by atoms with E-state index in [9.17, 15) is 0 Å². The van der Waals surface area contributed by atoms with Crippen LogP contribution in [0.3, 0.4) is 0 Å². The van der Waals surface area contributed by atoms with Gasteiger partial charge >= 0.3 is 0 Å². The van der Waals surface area contributed by atoms with Crippen molar-refractivity contribution >= 4 is 11.3 Å². The largest absolute Gasteiger partial charge is 0.357 e. The molecule has 286 valence electrons. The number of allylic oxidation sites excluding steroid dienone is 2. The van der Waals surface area contributed by atoms with Crippen LogP contribution < -0.4 is 0 Å². The average molecular weight is 753 g/mol. The zero-order valence-electron chi connectivity index (χ0n) is 34.0. The normalized spacial score (nSPS) is 15.7. The Bertz CT molecular complexity index is 2430. The topological polar surface area (TPSA) is 28.1 Å². The first kappa shape index (κ1) is 37.3. The van der Waals surface area contributed by atoms with E-state index in [1.807, 2.05) is 0 Å². The van der Waals surface area contributed by atoms with Crippen molar-refractivity contribution in [3.8, 4) is 0 Å². The highest BCUT2D eigenvalue weighted by molar-refractivity contribution is 6.10. The highest BCUT2D eigenvalue weighted by atomic mass is 14.8. The molecule has 2 heterocycles. The van der Waals surface area contributed by atoms with Crippen LogP contribution >= 0.6 is 0 Å². The number of aromatic nitrogens is 1. The highest BCUT2D eigenvalue weighted by Crippen LogP contribution is 2.50. The molecule has 0 radical (unpaired) electrons. The maximum atomic E-state index is 5.86. The summed E-state index contributed by atoms with van der Waals surface area (Å²) >= 11 is 0. The molecule has 0 unspecified atom stereocenters. The molecule has 1 N–H and O–H groups in total. The lowest BCUT2D eigenvalue weighted by molar-refractivity contribution is 0.292. The Morgan fingerprint density at radius 3 is 1.43 bits per heavy atom. The van der Waals surface area contributed by atoms with Gasteiger partial charge in [-0.2, -0.15) is 0 Å². The van der Waals surface area contributed by atoms with Crippen LogP contribution in [0.4, 0.5) is 0 Å². The van der Waals surface area contributed by atoms with Crippen molar-refractivity contribution in [3.05, 3.63) is 255 Å². The highest BCUT2D eigenvalue weighted by Gasteiger charge is 2.47. The van der Waals surface area contributed by atoms with Gasteiger partial charge in [0.05, 0.1) is 22.2 Å². The van der Waals surface area contributed by atoms with Gasteiger partial charge in [-0.1, -0.05) is 189 Å². The molecule has 2 aliphatic rings. The number of aromatic amines is 1. The molecule has 1 fully saturated rings. The maximum Gasteiger partial charge on any atom is 0.0851 e. The molecule has 1 aromatic heterocycles. The summed E-state index contributed by atoms with van der Waals surface area (Å²) in [7, 11) is 0. The average Bonchev–Trinajstić information content (AvgIpc) is 3.97. The van der Waals surface area contributed by atoms with Crippen LogP contribution in [0.2, 0.25) is 0 Å². The van der Waals surface area contributed by atoms with Gasteiger partial charge in [0, 0.05) is 17.0 Å². The second kappa shape index (κ2) is 15.9. The number of aryl methyl sites for hydroxylation is 3. The fraction of sp³-hybridized carbons (Fsp3) is 0.196. The van der Waals surface area contributed by atoms with Crippen LogP contribution in [-0.4, -0.2) is 10.7 Å². The number of benzene rings is 6. The molecule has 2 nitrogen and oxygen atoms in total. The van der Waals surface area contributed by atoms with Gasteiger partial charge in [-0.05, 0) is 108 Å². The summed E-state index contributed by atoms with van der Waals surface area (Å²) in [5, 5.41) is 0. The third-order valence-corrected chi connectivity index (χ3v) is 12.9. The summed E-state index contributed by atoms with van der Waals surface area (Å²) in [5.74, 6) is 0.431. The van der Waals surface area contributed by atoms with Crippen LogP contribution in [0.15, 0.2) is 199 Å². The van der Waals surface area contributed by atoms with Crippen LogP contribution in [0.25, 0.3) is 5.57 Å². The lowest BCUT2D eigenvalue weighted by atomic mass is 9.59. The predicted molar refractivity (Wildman–Crippen MR) is 243 cm³/mol. The van der Waals surface area contributed by atoms with E-state index in [2.05, 4.69) is 214 Å². The molecule has 2 heteroatoms. The van der Waals surface area contributed by atoms with Gasteiger partial charge < -0.3 is 4.98 Å². The number of nitrogens with zero attached hydrogens (tertiary/aromatic N) is 1. The first-order valence-corrected chi connectivity index (χ1v) is 21.1. The van der Waals surface area contributed by atoms with Crippen molar-refractivity contribution in [3.63, 3.8) is 0 Å². The lowest BCUT2D eigenvalue weighted by Crippen LogP contribution is -2.44. The minimum absolute atomic E-state index is 0.381. The molecular formula is C56H52N2. The van der Waals surface area contributed by atoms with Crippen LogP contribution in [0, 0.1) is 26.7 Å². The molecular weight excluding hydrogens is 701 g/mol. The second-order valence-corrected chi connectivity index (χ2v) is 16.4. The number of hydrogen-bond acceptors (Lipinski definition) is 1. The van der Waals surface area contributed by atoms with Gasteiger partial charge in [0.1, 0.15) is 0 Å². The van der Waals surface area contributed by atoms with E-state index >= 15 is 0 Å². The van der Waals surface area contributed by atoms with Crippen molar-refractivity contribution in [2.75, 3.05) is 0 Å². The fourth-order valence-corrected chi connectivity index (χ4v) is 10.6. The van der Waals surface area contributed by atoms with Crippen molar-refractivity contribution in [1.82, 2.24) is 4.98 Å². The molecule has 1 saturated carbocycles. The van der Waals surface area contributed by atoms with E-state index in [-0.39, 0.29) is 5.41 Å². The van der Waals surface area contributed by atoms with Crippen LogP contribution in [0.1, 0.15) is 93.6 Å². The zero-order chi connectivity index (χ0) is 39.5. The van der Waals surface area contributed by atoms with Gasteiger partial charge in [-0.15, -0.1) is 0 Å². The van der Waals surface area contributed by atoms with Gasteiger partial charge in [0.15, 0.2) is 0 Å². The molecule has 58 heavy (non-hydrogen) atoms. The quantitative estimate of drug-likeness (QED) is 0.135. The molecule has 0 amide bonds. The van der Waals surface area contributed by atoms with Gasteiger partial charge in [0.2, 0.25) is 0 Å². The van der Waals surface area contributed by atoms with E-state index in [4.69, 9.17) is 4.99 Å². The Kier molecular flexibility index (Phi) is 10.3. The summed E-state index contributed by atoms with van der Waals surface area (Å²) < 4.78 is 0. The first-order chi connectivity index (χ1) is 28.5. The predicted octanol–water partition coefficient (Wildman–Crippen LogP) is 13.7. The van der Waals surface area contributed by atoms with Crippen molar-refractivity contribution in [1.29, 1.82) is 0 Å². The number of nitrogens with one attached hydrogen (secondary N) is 1. The van der Waals surface area contributed by atoms with E-state index in [0.717, 1.165) is 28.4 Å². The number of aliphatic imine (C=N–C) groups is 1. The van der Waals surface area contributed by atoms with E-state index in [0.29, 0.717) is 5.92 Å². The standard InChI is InChI=1S/C56H52N2/c1-40-38-41(2)53(42(3)39-40)54(49-34-36-51(57-49)55(43-22-10-4-11-23-43,44-24-12-5-13-25-44)45-26-14-6-15-27-45)50-35-37-52(58-50)56(46-28-16-7-17-29-46,47-30-18-8-19-31-47)48-32-20-9-21-33-48/h4-8,10-19,22-31,34-39,48,57H,9,20-21,32-33H2,1-3H3. The molecule has 1 aliphatic carbocycles. The SMILES string of the molecule is Cc1cc(C)c(C(=C2C=CC(C(c3ccccc3)(c3ccccc3)C3CCCCC3)=N2)c2ccc(C(c3ccccc3)(c3ccccc3)c3ccccc3)[nH]2)c(C)c1. The Morgan fingerprint density at radius 1 is 0.517 bits per heavy atom. The van der Waals surface area contributed by atoms with Crippen molar-refractivity contribution in [2.45, 2.75) is 63.7 Å². The molecule has 0 saturated heterocycles. The summed E-state index contributed by atoms with van der Waals surface area (Å²) in [6, 6.07) is 64.5. The van der Waals surface area contributed by atoms with E-state index < -0.39 is 5.41 Å².